The fourth-order valence-electron chi connectivity index (χ4n) is 2.18. The third kappa shape index (κ3) is 4.71. The van der Waals surface area contributed by atoms with E-state index in [9.17, 15) is 0 Å². The van der Waals surface area contributed by atoms with Crippen LogP contribution in [0.25, 0.3) is 0 Å². The summed E-state index contributed by atoms with van der Waals surface area (Å²) in [6, 6.07) is 10.6. The van der Waals surface area contributed by atoms with Crippen molar-refractivity contribution in [3.63, 3.8) is 0 Å². The van der Waals surface area contributed by atoms with E-state index in [1.54, 1.807) is 11.3 Å². The van der Waals surface area contributed by atoms with Crippen LogP contribution in [0.1, 0.15) is 24.3 Å². The van der Waals surface area contributed by atoms with Gasteiger partial charge in [0.25, 0.3) is 0 Å². The van der Waals surface area contributed by atoms with Gasteiger partial charge in [-0.25, -0.2) is 0 Å². The van der Waals surface area contributed by atoms with Crippen LogP contribution in [0.15, 0.2) is 34.8 Å². The zero-order valence-corrected chi connectivity index (χ0v) is 15.5. The summed E-state index contributed by atoms with van der Waals surface area (Å²) < 4.78 is 1.78. The summed E-state index contributed by atoms with van der Waals surface area (Å²) in [5, 5.41) is 3.53. The number of hydrogen-bond acceptors (Lipinski definition) is 3. The van der Waals surface area contributed by atoms with E-state index in [2.05, 4.69) is 70.3 Å². The molecular formula is C16H20BrClN2S. The second-order valence-corrected chi connectivity index (χ2v) is 7.40. The van der Waals surface area contributed by atoms with Crippen LogP contribution in [0.3, 0.4) is 0 Å². The van der Waals surface area contributed by atoms with E-state index in [-0.39, 0.29) is 0 Å². The van der Waals surface area contributed by atoms with Gasteiger partial charge in [-0.05, 0) is 46.7 Å². The van der Waals surface area contributed by atoms with Crippen molar-refractivity contribution < 1.29 is 0 Å². The van der Waals surface area contributed by atoms with Crippen molar-refractivity contribution in [2.24, 2.45) is 0 Å². The summed E-state index contributed by atoms with van der Waals surface area (Å²) in [6.45, 7) is 8.31. The Hall–Kier alpha value is -0.550. The molecule has 0 fully saturated rings. The Bertz CT molecular complexity index is 562. The van der Waals surface area contributed by atoms with Crippen molar-refractivity contribution in [3.05, 3.63) is 49.6 Å². The zero-order chi connectivity index (χ0) is 15.2. The van der Waals surface area contributed by atoms with Crippen molar-refractivity contribution in [2.75, 3.05) is 18.4 Å². The Kier molecular flexibility index (Phi) is 6.55. The molecule has 2 nitrogen and oxygen atoms in total. The molecule has 0 bridgehead atoms. The average molecular weight is 388 g/mol. The molecule has 0 atom stereocenters. The van der Waals surface area contributed by atoms with E-state index >= 15 is 0 Å². The third-order valence-electron chi connectivity index (χ3n) is 3.45. The Morgan fingerprint density at radius 3 is 2.57 bits per heavy atom. The van der Waals surface area contributed by atoms with Crippen LogP contribution in [0, 0.1) is 0 Å². The molecule has 0 unspecified atom stereocenters. The van der Waals surface area contributed by atoms with E-state index in [1.165, 1.54) is 16.1 Å². The van der Waals surface area contributed by atoms with Crippen LogP contribution in [-0.4, -0.2) is 18.0 Å². The highest BCUT2D eigenvalue weighted by molar-refractivity contribution is 9.10. The molecule has 1 aromatic carbocycles. The van der Waals surface area contributed by atoms with Crippen LogP contribution in [0.2, 0.25) is 4.34 Å². The van der Waals surface area contributed by atoms with E-state index in [4.69, 9.17) is 11.6 Å². The average Bonchev–Trinajstić information content (AvgIpc) is 2.82. The van der Waals surface area contributed by atoms with Crippen LogP contribution < -0.4 is 5.32 Å². The predicted octanol–water partition coefficient (Wildman–Crippen LogP) is 5.62. The predicted molar refractivity (Wildman–Crippen MR) is 97.4 cm³/mol. The highest BCUT2D eigenvalue weighted by Crippen LogP contribution is 2.32. The number of thiophene rings is 1. The van der Waals surface area contributed by atoms with Crippen molar-refractivity contribution in [3.8, 4) is 0 Å². The van der Waals surface area contributed by atoms with Crippen molar-refractivity contribution >= 4 is 44.6 Å². The SMILES string of the molecule is CCN(CC)Cc1ccccc1NCc1cc(Br)c(Cl)s1. The van der Waals surface area contributed by atoms with Crippen LogP contribution >= 0.6 is 38.9 Å². The van der Waals surface area contributed by atoms with Crippen LogP contribution in [0.5, 0.6) is 0 Å². The van der Waals surface area contributed by atoms with Crippen molar-refractivity contribution in [1.82, 2.24) is 4.90 Å². The number of anilines is 1. The Morgan fingerprint density at radius 1 is 1.24 bits per heavy atom. The van der Waals surface area contributed by atoms with Gasteiger partial charge in [0.15, 0.2) is 0 Å². The standard InChI is InChI=1S/C16H20BrClN2S/c1-3-20(4-2)11-12-7-5-6-8-15(12)19-10-13-9-14(17)16(18)21-13/h5-9,19H,3-4,10-11H2,1-2H3. The molecule has 1 heterocycles. The number of hydrogen-bond donors (Lipinski definition) is 1. The van der Waals surface area contributed by atoms with E-state index < -0.39 is 0 Å². The van der Waals surface area contributed by atoms with Crippen molar-refractivity contribution in [2.45, 2.75) is 26.9 Å². The lowest BCUT2D eigenvalue weighted by Gasteiger charge is -2.20. The summed E-state index contributed by atoms with van der Waals surface area (Å²) in [7, 11) is 0. The molecule has 5 heteroatoms. The minimum Gasteiger partial charge on any atom is -0.380 e. The van der Waals surface area contributed by atoms with Gasteiger partial charge in [-0.1, -0.05) is 43.6 Å². The fourth-order valence-corrected chi connectivity index (χ4v) is 3.91. The van der Waals surface area contributed by atoms with Gasteiger partial charge >= 0.3 is 0 Å². The molecular weight excluding hydrogens is 368 g/mol. The summed E-state index contributed by atoms with van der Waals surface area (Å²) >= 11 is 11.1. The zero-order valence-electron chi connectivity index (χ0n) is 12.3. The second kappa shape index (κ2) is 8.18. The van der Waals surface area contributed by atoms with E-state index in [1.807, 2.05) is 0 Å². The Morgan fingerprint density at radius 2 is 1.95 bits per heavy atom. The minimum atomic E-state index is 0.797. The van der Waals surface area contributed by atoms with Gasteiger partial charge in [0.05, 0.1) is 0 Å². The molecule has 114 valence electrons. The number of rotatable bonds is 7. The van der Waals surface area contributed by atoms with Gasteiger partial charge in [0.1, 0.15) is 4.34 Å². The highest BCUT2D eigenvalue weighted by Gasteiger charge is 2.08. The van der Waals surface area contributed by atoms with E-state index in [0.717, 1.165) is 35.0 Å². The van der Waals surface area contributed by atoms with Gasteiger partial charge in [0, 0.05) is 28.1 Å². The molecule has 0 aliphatic rings. The first kappa shape index (κ1) is 16.8. The van der Waals surface area contributed by atoms with Gasteiger partial charge in [-0.2, -0.15) is 0 Å². The maximum atomic E-state index is 6.09. The molecule has 2 rings (SSSR count). The fraction of sp³-hybridized carbons (Fsp3) is 0.375. The second-order valence-electron chi connectivity index (χ2n) is 4.81. The molecule has 21 heavy (non-hydrogen) atoms. The molecule has 2 aromatic rings. The highest BCUT2D eigenvalue weighted by atomic mass is 79.9. The summed E-state index contributed by atoms with van der Waals surface area (Å²) in [4.78, 5) is 3.64. The first-order chi connectivity index (χ1) is 10.1. The van der Waals surface area contributed by atoms with Gasteiger partial charge < -0.3 is 5.32 Å². The Balaban J connectivity index is 2.05. The topological polar surface area (TPSA) is 15.3 Å². The van der Waals surface area contributed by atoms with Gasteiger partial charge in [-0.3, -0.25) is 4.90 Å². The normalized spacial score (nSPS) is 11.1. The quantitative estimate of drug-likeness (QED) is 0.663. The number of para-hydroxylation sites is 1. The summed E-state index contributed by atoms with van der Waals surface area (Å²) in [6.07, 6.45) is 0. The molecule has 0 aliphatic carbocycles. The lowest BCUT2D eigenvalue weighted by molar-refractivity contribution is 0.296. The molecule has 0 saturated carbocycles. The number of nitrogens with zero attached hydrogens (tertiary/aromatic N) is 1. The molecule has 1 N–H and O–H groups in total. The molecule has 0 aliphatic heterocycles. The molecule has 0 amide bonds. The molecule has 1 aromatic heterocycles. The van der Waals surface area contributed by atoms with Crippen molar-refractivity contribution in [1.29, 1.82) is 0 Å². The number of nitrogens with one attached hydrogen (secondary N) is 1. The van der Waals surface area contributed by atoms with Crippen LogP contribution in [-0.2, 0) is 13.1 Å². The lowest BCUT2D eigenvalue weighted by atomic mass is 10.1. The summed E-state index contributed by atoms with van der Waals surface area (Å²) in [5.41, 5.74) is 2.54. The Labute approximate surface area is 144 Å². The van der Waals surface area contributed by atoms with E-state index in [0.29, 0.717) is 0 Å². The van der Waals surface area contributed by atoms with Gasteiger partial charge in [-0.15, -0.1) is 11.3 Å². The summed E-state index contributed by atoms with van der Waals surface area (Å²) in [5.74, 6) is 0. The largest absolute Gasteiger partial charge is 0.380 e. The number of benzene rings is 1. The van der Waals surface area contributed by atoms with Gasteiger partial charge in [0.2, 0.25) is 0 Å². The first-order valence-electron chi connectivity index (χ1n) is 7.11. The monoisotopic (exact) mass is 386 g/mol. The molecule has 0 radical (unpaired) electrons. The third-order valence-corrected chi connectivity index (χ3v) is 5.93. The van der Waals surface area contributed by atoms with Crippen LogP contribution in [0.4, 0.5) is 5.69 Å². The smallest absolute Gasteiger partial charge is 0.107 e. The molecule has 0 saturated heterocycles. The first-order valence-corrected chi connectivity index (χ1v) is 9.10. The maximum Gasteiger partial charge on any atom is 0.107 e. The number of halogens is 2. The lowest BCUT2D eigenvalue weighted by Crippen LogP contribution is -2.22. The molecule has 0 spiro atoms. The minimum absolute atomic E-state index is 0.797. The maximum absolute atomic E-state index is 6.09.